The number of thioether (sulfide) groups is 1. The Hall–Kier alpha value is -1.74. The summed E-state index contributed by atoms with van der Waals surface area (Å²) in [5.74, 6) is 1.86. The highest BCUT2D eigenvalue weighted by molar-refractivity contribution is 7.99. The third-order valence-electron chi connectivity index (χ3n) is 1.79. The third kappa shape index (κ3) is 2.87. The van der Waals surface area contributed by atoms with Crippen LogP contribution < -0.4 is 5.69 Å². The zero-order valence-corrected chi connectivity index (χ0v) is 9.43. The largest absolute Gasteiger partial charge is 0.478 e. The van der Waals surface area contributed by atoms with E-state index in [-0.39, 0.29) is 10.6 Å². The lowest BCUT2D eigenvalue weighted by molar-refractivity contribution is 0.0690. The Balaban J connectivity index is 3.10. The molecule has 16 heavy (non-hydrogen) atoms. The van der Waals surface area contributed by atoms with E-state index in [1.54, 1.807) is 0 Å². The monoisotopic (exact) mass is 238 g/mol. The Labute approximate surface area is 96.3 Å². The van der Waals surface area contributed by atoms with E-state index in [1.807, 2.05) is 0 Å². The SMILES string of the molecule is C#CCCSc1nc(=O)[nH]c(C)c1C(=O)O. The quantitative estimate of drug-likeness (QED) is 0.352. The van der Waals surface area contributed by atoms with Gasteiger partial charge in [0.05, 0.1) is 0 Å². The lowest BCUT2D eigenvalue weighted by Gasteiger charge is -2.05. The van der Waals surface area contributed by atoms with Crippen LogP contribution in [0.1, 0.15) is 22.5 Å². The van der Waals surface area contributed by atoms with Crippen LogP contribution in [-0.2, 0) is 0 Å². The summed E-state index contributed by atoms with van der Waals surface area (Å²) in [7, 11) is 0. The maximum absolute atomic E-state index is 11.1. The summed E-state index contributed by atoms with van der Waals surface area (Å²) in [5.41, 5.74) is -0.219. The first kappa shape index (κ1) is 12.3. The fourth-order valence-electron chi connectivity index (χ4n) is 1.12. The van der Waals surface area contributed by atoms with Gasteiger partial charge in [-0.1, -0.05) is 0 Å². The van der Waals surface area contributed by atoms with Crippen LogP contribution >= 0.6 is 11.8 Å². The molecule has 1 aromatic rings. The predicted octanol–water partition coefficient (Wildman–Crippen LogP) is 0.892. The van der Waals surface area contributed by atoms with Gasteiger partial charge in [0, 0.05) is 17.9 Å². The normalized spacial score (nSPS) is 9.75. The molecule has 0 amide bonds. The fraction of sp³-hybridized carbons (Fsp3) is 0.300. The second-order valence-corrected chi connectivity index (χ2v) is 4.04. The number of carboxylic acid groups (broad SMARTS) is 1. The van der Waals surface area contributed by atoms with E-state index in [0.717, 1.165) is 0 Å². The predicted molar refractivity (Wildman–Crippen MR) is 60.7 cm³/mol. The lowest BCUT2D eigenvalue weighted by atomic mass is 10.2. The first-order chi connectivity index (χ1) is 7.56. The van der Waals surface area contributed by atoms with Crippen LogP contribution in [0.4, 0.5) is 0 Å². The summed E-state index contributed by atoms with van der Waals surface area (Å²) in [4.78, 5) is 28.1. The maximum atomic E-state index is 11.1. The van der Waals surface area contributed by atoms with E-state index in [9.17, 15) is 9.59 Å². The number of terminal acetylenes is 1. The number of H-pyrrole nitrogens is 1. The summed E-state index contributed by atoms with van der Waals surface area (Å²) < 4.78 is 0. The van der Waals surface area contributed by atoms with Crippen molar-refractivity contribution >= 4 is 17.7 Å². The van der Waals surface area contributed by atoms with Gasteiger partial charge in [0.2, 0.25) is 0 Å². The van der Waals surface area contributed by atoms with Gasteiger partial charge in [-0.3, -0.25) is 0 Å². The number of carbonyl (C=O) groups is 1. The first-order valence-electron chi connectivity index (χ1n) is 4.46. The van der Waals surface area contributed by atoms with Crippen LogP contribution in [0, 0.1) is 19.3 Å². The van der Waals surface area contributed by atoms with Gasteiger partial charge in [-0.2, -0.15) is 4.98 Å². The van der Waals surface area contributed by atoms with Gasteiger partial charge in [0.25, 0.3) is 0 Å². The molecule has 0 spiro atoms. The van der Waals surface area contributed by atoms with Crippen molar-refractivity contribution in [3.8, 4) is 12.3 Å². The standard InChI is InChI=1S/C10H10N2O3S/c1-3-4-5-16-8-7(9(13)14)6(2)11-10(15)12-8/h1H,4-5H2,2H3,(H,13,14)(H,11,12,15). The van der Waals surface area contributed by atoms with Crippen LogP contribution in [0.2, 0.25) is 0 Å². The molecule has 0 aliphatic rings. The molecule has 2 N–H and O–H groups in total. The molecule has 0 fully saturated rings. The zero-order chi connectivity index (χ0) is 12.1. The smallest absolute Gasteiger partial charge is 0.346 e. The molecular weight excluding hydrogens is 228 g/mol. The maximum Gasteiger partial charge on any atom is 0.346 e. The van der Waals surface area contributed by atoms with E-state index in [2.05, 4.69) is 15.9 Å². The zero-order valence-electron chi connectivity index (χ0n) is 8.61. The van der Waals surface area contributed by atoms with Gasteiger partial charge in [-0.05, 0) is 6.92 Å². The summed E-state index contributed by atoms with van der Waals surface area (Å²) in [6, 6.07) is 0. The number of aryl methyl sites for hydroxylation is 1. The average molecular weight is 238 g/mol. The minimum absolute atomic E-state index is 0.0293. The molecule has 1 aromatic heterocycles. The number of hydrogen-bond acceptors (Lipinski definition) is 4. The van der Waals surface area contributed by atoms with Crippen molar-refractivity contribution in [3.63, 3.8) is 0 Å². The van der Waals surface area contributed by atoms with E-state index < -0.39 is 11.7 Å². The van der Waals surface area contributed by atoms with Gasteiger partial charge < -0.3 is 10.1 Å². The number of rotatable bonds is 4. The molecule has 1 rings (SSSR count). The average Bonchev–Trinajstić information content (AvgIpc) is 2.16. The Morgan fingerprint density at radius 3 is 2.94 bits per heavy atom. The molecule has 0 unspecified atom stereocenters. The number of aromatic nitrogens is 2. The molecule has 0 aliphatic carbocycles. The van der Waals surface area contributed by atoms with Gasteiger partial charge in [0.15, 0.2) is 0 Å². The number of aromatic amines is 1. The lowest BCUT2D eigenvalue weighted by Crippen LogP contribution is -2.18. The van der Waals surface area contributed by atoms with Gasteiger partial charge in [-0.15, -0.1) is 24.1 Å². The number of aromatic carboxylic acids is 1. The first-order valence-corrected chi connectivity index (χ1v) is 5.45. The van der Waals surface area contributed by atoms with Crippen LogP contribution in [0.15, 0.2) is 9.82 Å². The molecule has 0 bridgehead atoms. The van der Waals surface area contributed by atoms with Crippen molar-refractivity contribution < 1.29 is 9.90 Å². The van der Waals surface area contributed by atoms with Crippen LogP contribution in [-0.4, -0.2) is 26.8 Å². The van der Waals surface area contributed by atoms with Gasteiger partial charge >= 0.3 is 11.7 Å². The highest BCUT2D eigenvalue weighted by Crippen LogP contribution is 2.21. The summed E-state index contributed by atoms with van der Waals surface area (Å²) in [6.07, 6.45) is 5.58. The van der Waals surface area contributed by atoms with Crippen molar-refractivity contribution in [2.75, 3.05) is 5.75 Å². The molecule has 0 aliphatic heterocycles. The van der Waals surface area contributed by atoms with Crippen molar-refractivity contribution in [2.24, 2.45) is 0 Å². The van der Waals surface area contributed by atoms with Crippen molar-refractivity contribution in [1.29, 1.82) is 0 Å². The number of hydrogen-bond donors (Lipinski definition) is 2. The van der Waals surface area contributed by atoms with Crippen LogP contribution in [0.5, 0.6) is 0 Å². The number of carboxylic acids is 1. The third-order valence-corrected chi connectivity index (χ3v) is 2.76. The number of nitrogens with zero attached hydrogens (tertiary/aromatic N) is 1. The van der Waals surface area contributed by atoms with Crippen LogP contribution in [0.25, 0.3) is 0 Å². The molecule has 0 aromatic carbocycles. The molecule has 0 radical (unpaired) electrons. The Morgan fingerprint density at radius 1 is 1.69 bits per heavy atom. The molecular formula is C10H10N2O3S. The van der Waals surface area contributed by atoms with Gasteiger partial charge in [-0.25, -0.2) is 9.59 Å². The molecule has 84 valence electrons. The molecule has 0 atom stereocenters. The van der Waals surface area contributed by atoms with Crippen molar-refractivity contribution in [1.82, 2.24) is 9.97 Å². The minimum atomic E-state index is -1.11. The highest BCUT2D eigenvalue weighted by Gasteiger charge is 2.16. The van der Waals surface area contributed by atoms with Crippen molar-refractivity contribution in [2.45, 2.75) is 18.4 Å². The molecule has 0 saturated heterocycles. The number of nitrogens with one attached hydrogen (secondary N) is 1. The second-order valence-electron chi connectivity index (χ2n) is 2.95. The topological polar surface area (TPSA) is 83.0 Å². The highest BCUT2D eigenvalue weighted by atomic mass is 32.2. The minimum Gasteiger partial charge on any atom is -0.478 e. The Morgan fingerprint density at radius 2 is 2.38 bits per heavy atom. The summed E-state index contributed by atoms with van der Waals surface area (Å²) >= 11 is 1.17. The van der Waals surface area contributed by atoms with Gasteiger partial charge in [0.1, 0.15) is 10.6 Å². The molecule has 6 heteroatoms. The van der Waals surface area contributed by atoms with E-state index >= 15 is 0 Å². The second kappa shape index (κ2) is 5.37. The van der Waals surface area contributed by atoms with Crippen molar-refractivity contribution in [3.05, 3.63) is 21.7 Å². The molecule has 0 saturated carbocycles. The summed E-state index contributed by atoms with van der Waals surface area (Å²) in [6.45, 7) is 1.53. The fourth-order valence-corrected chi connectivity index (χ4v) is 2.07. The molecule has 1 heterocycles. The van der Waals surface area contributed by atoms with E-state index in [1.165, 1.54) is 18.7 Å². The van der Waals surface area contributed by atoms with Crippen LogP contribution in [0.3, 0.4) is 0 Å². The summed E-state index contributed by atoms with van der Waals surface area (Å²) in [5, 5.41) is 9.19. The Kier molecular flexibility index (Phi) is 4.14. The van der Waals surface area contributed by atoms with E-state index in [4.69, 9.17) is 11.5 Å². The molecule has 5 nitrogen and oxygen atoms in total. The Bertz CT molecular complexity index is 502. The van der Waals surface area contributed by atoms with E-state index in [0.29, 0.717) is 17.9 Å².